The summed E-state index contributed by atoms with van der Waals surface area (Å²) in [5, 5.41) is 6.48. The minimum atomic E-state index is -0.491. The SMILES string of the molecule is COc1ccc(CCNC(=S)Nc2ccc(Cl)c(F)c2)cc1OC. The van der Waals surface area contributed by atoms with E-state index in [4.69, 9.17) is 33.3 Å². The molecule has 0 radical (unpaired) electrons. The number of halogens is 2. The van der Waals surface area contributed by atoms with Crippen molar-refractivity contribution < 1.29 is 13.9 Å². The summed E-state index contributed by atoms with van der Waals surface area (Å²) in [6, 6.07) is 10.2. The van der Waals surface area contributed by atoms with Gasteiger partial charge in [-0.2, -0.15) is 0 Å². The maximum atomic E-state index is 13.4. The summed E-state index contributed by atoms with van der Waals surface area (Å²) in [6.45, 7) is 0.622. The Morgan fingerprint density at radius 3 is 2.54 bits per heavy atom. The number of nitrogens with one attached hydrogen (secondary N) is 2. The van der Waals surface area contributed by atoms with Crippen molar-refractivity contribution >= 4 is 34.6 Å². The predicted molar refractivity (Wildman–Crippen MR) is 98.9 cm³/mol. The third-order valence-corrected chi connectivity index (χ3v) is 3.88. The van der Waals surface area contributed by atoms with E-state index in [0.717, 1.165) is 12.0 Å². The number of rotatable bonds is 6. The highest BCUT2D eigenvalue weighted by atomic mass is 35.5. The van der Waals surface area contributed by atoms with Crippen molar-refractivity contribution in [1.29, 1.82) is 0 Å². The Bertz CT molecular complexity index is 728. The molecule has 128 valence electrons. The highest BCUT2D eigenvalue weighted by Crippen LogP contribution is 2.27. The Kier molecular flexibility index (Phi) is 6.63. The molecule has 0 saturated carbocycles. The summed E-state index contributed by atoms with van der Waals surface area (Å²) >= 11 is 10.8. The Morgan fingerprint density at radius 2 is 1.88 bits per heavy atom. The van der Waals surface area contributed by atoms with Crippen LogP contribution < -0.4 is 20.1 Å². The fraction of sp³-hybridized carbons (Fsp3) is 0.235. The van der Waals surface area contributed by atoms with E-state index < -0.39 is 5.82 Å². The van der Waals surface area contributed by atoms with Gasteiger partial charge < -0.3 is 20.1 Å². The smallest absolute Gasteiger partial charge is 0.170 e. The second-order valence-electron chi connectivity index (χ2n) is 4.95. The van der Waals surface area contributed by atoms with Crippen LogP contribution in [0.5, 0.6) is 11.5 Å². The second kappa shape index (κ2) is 8.70. The molecule has 0 atom stereocenters. The molecular formula is C17H18ClFN2O2S. The molecule has 2 aromatic rings. The van der Waals surface area contributed by atoms with Gasteiger partial charge in [-0.05, 0) is 54.5 Å². The monoisotopic (exact) mass is 368 g/mol. The fourth-order valence-corrected chi connectivity index (χ4v) is 2.44. The van der Waals surface area contributed by atoms with Crippen LogP contribution in [-0.4, -0.2) is 25.9 Å². The van der Waals surface area contributed by atoms with Gasteiger partial charge in [0.1, 0.15) is 5.82 Å². The van der Waals surface area contributed by atoms with Gasteiger partial charge in [-0.15, -0.1) is 0 Å². The van der Waals surface area contributed by atoms with Crippen molar-refractivity contribution in [2.75, 3.05) is 26.1 Å². The first-order valence-corrected chi connectivity index (χ1v) is 8.03. The zero-order valence-corrected chi connectivity index (χ0v) is 14.9. The highest BCUT2D eigenvalue weighted by molar-refractivity contribution is 7.80. The van der Waals surface area contributed by atoms with E-state index in [9.17, 15) is 4.39 Å². The molecule has 7 heteroatoms. The van der Waals surface area contributed by atoms with Crippen LogP contribution in [0, 0.1) is 5.82 Å². The lowest BCUT2D eigenvalue weighted by atomic mass is 10.1. The molecule has 2 aromatic carbocycles. The highest BCUT2D eigenvalue weighted by Gasteiger charge is 2.05. The lowest BCUT2D eigenvalue weighted by Crippen LogP contribution is -2.30. The maximum Gasteiger partial charge on any atom is 0.170 e. The zero-order valence-electron chi connectivity index (χ0n) is 13.4. The van der Waals surface area contributed by atoms with E-state index in [0.29, 0.717) is 28.8 Å². The van der Waals surface area contributed by atoms with Crippen molar-refractivity contribution in [2.45, 2.75) is 6.42 Å². The number of anilines is 1. The van der Waals surface area contributed by atoms with Crippen molar-refractivity contribution in [1.82, 2.24) is 5.32 Å². The van der Waals surface area contributed by atoms with Gasteiger partial charge in [-0.3, -0.25) is 0 Å². The van der Waals surface area contributed by atoms with Gasteiger partial charge in [0, 0.05) is 12.2 Å². The molecule has 0 aliphatic heterocycles. The minimum Gasteiger partial charge on any atom is -0.493 e. The molecule has 2 rings (SSSR count). The third kappa shape index (κ3) is 4.97. The Labute approximate surface area is 150 Å². The zero-order chi connectivity index (χ0) is 17.5. The fourth-order valence-electron chi connectivity index (χ4n) is 2.11. The molecule has 0 amide bonds. The molecule has 24 heavy (non-hydrogen) atoms. The van der Waals surface area contributed by atoms with Gasteiger partial charge >= 0.3 is 0 Å². The lowest BCUT2D eigenvalue weighted by molar-refractivity contribution is 0.354. The number of thiocarbonyl (C=S) groups is 1. The molecule has 0 bridgehead atoms. The van der Waals surface area contributed by atoms with Crippen LogP contribution in [0.25, 0.3) is 0 Å². The molecule has 2 N–H and O–H groups in total. The topological polar surface area (TPSA) is 42.5 Å². The van der Waals surface area contributed by atoms with E-state index in [1.54, 1.807) is 20.3 Å². The molecule has 0 unspecified atom stereocenters. The van der Waals surface area contributed by atoms with E-state index in [1.807, 2.05) is 18.2 Å². The normalized spacial score (nSPS) is 10.2. The molecule has 0 aromatic heterocycles. The molecular weight excluding hydrogens is 351 g/mol. The Morgan fingerprint density at radius 1 is 1.12 bits per heavy atom. The summed E-state index contributed by atoms with van der Waals surface area (Å²) < 4.78 is 23.9. The number of benzene rings is 2. The summed E-state index contributed by atoms with van der Waals surface area (Å²) in [6.07, 6.45) is 0.747. The van der Waals surface area contributed by atoms with E-state index in [1.165, 1.54) is 12.1 Å². The average molecular weight is 369 g/mol. The molecule has 0 aliphatic carbocycles. The Balaban J connectivity index is 1.85. The van der Waals surface area contributed by atoms with Crippen molar-refractivity contribution in [3.05, 3.63) is 52.8 Å². The number of ether oxygens (including phenoxy) is 2. The summed E-state index contributed by atoms with van der Waals surface area (Å²) in [5.41, 5.74) is 1.63. The molecule has 0 fully saturated rings. The quantitative estimate of drug-likeness (QED) is 0.754. The van der Waals surface area contributed by atoms with Gasteiger partial charge in [-0.25, -0.2) is 4.39 Å². The van der Waals surface area contributed by atoms with Gasteiger partial charge in [0.2, 0.25) is 0 Å². The molecule has 0 heterocycles. The lowest BCUT2D eigenvalue weighted by Gasteiger charge is -2.12. The first-order chi connectivity index (χ1) is 11.5. The second-order valence-corrected chi connectivity index (χ2v) is 5.76. The van der Waals surface area contributed by atoms with Crippen LogP contribution in [0.2, 0.25) is 5.02 Å². The van der Waals surface area contributed by atoms with E-state index in [-0.39, 0.29) is 5.02 Å². The van der Waals surface area contributed by atoms with Crippen LogP contribution in [0.4, 0.5) is 10.1 Å². The predicted octanol–water partition coefficient (Wildman–Crippen LogP) is 4.03. The average Bonchev–Trinajstić information content (AvgIpc) is 2.58. The van der Waals surface area contributed by atoms with Crippen LogP contribution >= 0.6 is 23.8 Å². The van der Waals surface area contributed by atoms with Gasteiger partial charge in [-0.1, -0.05) is 17.7 Å². The largest absolute Gasteiger partial charge is 0.493 e. The van der Waals surface area contributed by atoms with Crippen LogP contribution in [-0.2, 0) is 6.42 Å². The van der Waals surface area contributed by atoms with Crippen molar-refractivity contribution in [3.8, 4) is 11.5 Å². The standard InChI is InChI=1S/C17H18ClFN2O2S/c1-22-15-6-3-11(9-16(15)23-2)7-8-20-17(24)21-12-4-5-13(18)14(19)10-12/h3-6,9-10H,7-8H2,1-2H3,(H2,20,21,24). The van der Waals surface area contributed by atoms with E-state index in [2.05, 4.69) is 10.6 Å². The van der Waals surface area contributed by atoms with Crippen molar-refractivity contribution in [3.63, 3.8) is 0 Å². The van der Waals surface area contributed by atoms with Gasteiger partial charge in [0.05, 0.1) is 19.2 Å². The molecule has 0 spiro atoms. The first kappa shape index (κ1) is 18.3. The van der Waals surface area contributed by atoms with Crippen LogP contribution in [0.3, 0.4) is 0 Å². The van der Waals surface area contributed by atoms with Gasteiger partial charge in [0.15, 0.2) is 16.6 Å². The number of methoxy groups -OCH3 is 2. The van der Waals surface area contributed by atoms with Crippen LogP contribution in [0.1, 0.15) is 5.56 Å². The molecule has 4 nitrogen and oxygen atoms in total. The summed E-state index contributed by atoms with van der Waals surface area (Å²) in [7, 11) is 3.20. The van der Waals surface area contributed by atoms with E-state index >= 15 is 0 Å². The number of hydrogen-bond donors (Lipinski definition) is 2. The molecule has 0 saturated heterocycles. The van der Waals surface area contributed by atoms with Crippen molar-refractivity contribution in [2.24, 2.45) is 0 Å². The van der Waals surface area contributed by atoms with Crippen LogP contribution in [0.15, 0.2) is 36.4 Å². The summed E-state index contributed by atoms with van der Waals surface area (Å²) in [5.74, 6) is 0.887. The van der Waals surface area contributed by atoms with Gasteiger partial charge in [0.25, 0.3) is 0 Å². The number of hydrogen-bond acceptors (Lipinski definition) is 3. The Hall–Kier alpha value is -2.05. The first-order valence-electron chi connectivity index (χ1n) is 7.24. The third-order valence-electron chi connectivity index (χ3n) is 3.32. The maximum absolute atomic E-state index is 13.4. The molecule has 0 aliphatic rings. The minimum absolute atomic E-state index is 0.0767. The summed E-state index contributed by atoms with van der Waals surface area (Å²) in [4.78, 5) is 0.